The van der Waals surface area contributed by atoms with Gasteiger partial charge < -0.3 is 9.47 Å². The molecule has 0 unspecified atom stereocenters. The van der Waals surface area contributed by atoms with E-state index in [9.17, 15) is 0 Å². The van der Waals surface area contributed by atoms with Gasteiger partial charge in [-0.05, 0) is 117 Å². The second kappa shape index (κ2) is 17.2. The van der Waals surface area contributed by atoms with E-state index in [1.54, 1.807) is 0 Å². The molecule has 0 aliphatic rings. The lowest BCUT2D eigenvalue weighted by molar-refractivity contribution is 1.18. The molecule has 0 saturated carbocycles. The minimum atomic E-state index is 1.07. The summed E-state index contributed by atoms with van der Waals surface area (Å²) in [5.74, 6) is 0. The van der Waals surface area contributed by atoms with Crippen LogP contribution in [-0.4, -0.2) is 4.57 Å². The minimum absolute atomic E-state index is 1.07. The summed E-state index contributed by atoms with van der Waals surface area (Å²) in [6.07, 6.45) is 0. The molecular weight excluding hydrogens is 853 g/mol. The molecule has 69 heavy (non-hydrogen) atoms. The molecule has 0 N–H and O–H groups in total. The van der Waals surface area contributed by atoms with Gasteiger partial charge in [0.15, 0.2) is 0 Å². The number of rotatable bonds is 9. The first-order valence-electron chi connectivity index (χ1n) is 23.6. The molecule has 13 aromatic rings. The van der Waals surface area contributed by atoms with Crippen molar-refractivity contribution in [2.45, 2.75) is 0 Å². The Bertz CT molecular complexity index is 4000. The van der Waals surface area contributed by atoms with Crippen LogP contribution < -0.4 is 4.90 Å². The van der Waals surface area contributed by atoms with Crippen LogP contribution in [0.1, 0.15) is 0 Å². The van der Waals surface area contributed by atoms with Crippen LogP contribution in [0.25, 0.3) is 103 Å². The number of anilines is 3. The Morgan fingerprint density at radius 2 is 0.826 bits per heavy atom. The number of benzene rings is 11. The lowest BCUT2D eigenvalue weighted by Crippen LogP contribution is -2.11. The highest BCUT2D eigenvalue weighted by atomic mass is 32.1. The highest BCUT2D eigenvalue weighted by Gasteiger charge is 2.23. The topological polar surface area (TPSA) is 8.17 Å². The van der Waals surface area contributed by atoms with E-state index in [0.29, 0.717) is 0 Å². The van der Waals surface area contributed by atoms with Gasteiger partial charge in [0.25, 0.3) is 0 Å². The first-order chi connectivity index (χ1) is 34.2. The largest absolute Gasteiger partial charge is 0.310 e. The number of fused-ring (bicyclic) bond motifs is 6. The Labute approximate surface area is 405 Å². The molecule has 3 heteroatoms. The normalized spacial score (nSPS) is 11.5. The van der Waals surface area contributed by atoms with Gasteiger partial charge in [-0.25, -0.2) is 0 Å². The molecule has 0 fully saturated rings. The van der Waals surface area contributed by atoms with E-state index in [1.165, 1.54) is 80.9 Å². The van der Waals surface area contributed by atoms with Crippen molar-refractivity contribution in [2.75, 3.05) is 4.90 Å². The lowest BCUT2D eigenvalue weighted by atomic mass is 9.93. The molecule has 11 aromatic carbocycles. The molecule has 0 amide bonds. The standard InChI is InChI=1S/C66H44N2S/c1-5-20-45(21-6-1)48-26-17-29-52(41-48)67(53-38-39-55(46-22-7-2-8-23-46)62(44-53)47-24-9-3-10-25-47)54-42-49(40-50(43-54)57-33-19-35-61-59-31-14-16-37-64(59)69-66(57)61)56-32-18-34-60-58-30-13-15-36-63(58)68(65(56)60)51-27-11-4-12-28-51/h1-44H. The van der Waals surface area contributed by atoms with E-state index in [0.717, 1.165) is 39.4 Å². The van der Waals surface area contributed by atoms with Gasteiger partial charge >= 0.3 is 0 Å². The molecule has 0 spiro atoms. The van der Waals surface area contributed by atoms with E-state index >= 15 is 0 Å². The molecule has 2 heterocycles. The van der Waals surface area contributed by atoms with Crippen molar-refractivity contribution in [3.8, 4) is 61.3 Å². The van der Waals surface area contributed by atoms with Crippen molar-refractivity contribution in [1.82, 2.24) is 4.57 Å². The Hall–Kier alpha value is -8.76. The van der Waals surface area contributed by atoms with Gasteiger partial charge in [0.05, 0.1) is 11.0 Å². The summed E-state index contributed by atoms with van der Waals surface area (Å²) in [5, 5.41) is 5.03. The van der Waals surface area contributed by atoms with Crippen LogP contribution in [0.5, 0.6) is 0 Å². The molecule has 0 aliphatic heterocycles. The SMILES string of the molecule is c1ccc(-c2cccc(N(c3cc(-c4cccc5c4sc4ccccc45)cc(-c4cccc5c6ccccc6n(-c6ccccc6)c45)c3)c3ccc(-c4ccccc4)c(-c4ccccc4)c3)c2)cc1. The van der Waals surface area contributed by atoms with Crippen LogP contribution in [-0.2, 0) is 0 Å². The van der Waals surface area contributed by atoms with Crippen LogP contribution in [0.15, 0.2) is 267 Å². The Balaban J connectivity index is 1.12. The average Bonchev–Trinajstić information content (AvgIpc) is 3.98. The fourth-order valence-electron chi connectivity index (χ4n) is 10.4. The zero-order valence-corrected chi connectivity index (χ0v) is 38.5. The highest BCUT2D eigenvalue weighted by Crippen LogP contribution is 2.48. The fourth-order valence-corrected chi connectivity index (χ4v) is 11.7. The van der Waals surface area contributed by atoms with Gasteiger partial charge in [-0.3, -0.25) is 0 Å². The summed E-state index contributed by atoms with van der Waals surface area (Å²) in [5.41, 5.74) is 18.4. The van der Waals surface area contributed by atoms with Gasteiger partial charge in [0.1, 0.15) is 0 Å². The van der Waals surface area contributed by atoms with E-state index in [4.69, 9.17) is 0 Å². The predicted octanol–water partition coefficient (Wildman–Crippen LogP) is 19.0. The maximum absolute atomic E-state index is 2.47. The van der Waals surface area contributed by atoms with E-state index in [-0.39, 0.29) is 0 Å². The second-order valence-corrected chi connectivity index (χ2v) is 18.7. The molecule has 0 saturated heterocycles. The average molecular weight is 897 g/mol. The maximum Gasteiger partial charge on any atom is 0.0619 e. The number of nitrogens with zero attached hydrogens (tertiary/aromatic N) is 2. The number of para-hydroxylation sites is 3. The summed E-state index contributed by atoms with van der Waals surface area (Å²) in [7, 11) is 0. The number of aromatic nitrogens is 1. The smallest absolute Gasteiger partial charge is 0.0619 e. The van der Waals surface area contributed by atoms with Gasteiger partial charge in [-0.2, -0.15) is 0 Å². The highest BCUT2D eigenvalue weighted by molar-refractivity contribution is 7.26. The number of thiophene rings is 1. The Morgan fingerprint density at radius 3 is 1.58 bits per heavy atom. The molecule has 2 nitrogen and oxygen atoms in total. The van der Waals surface area contributed by atoms with Gasteiger partial charge in [0.2, 0.25) is 0 Å². The molecule has 0 radical (unpaired) electrons. The lowest BCUT2D eigenvalue weighted by Gasteiger charge is -2.28. The molecule has 2 aromatic heterocycles. The molecule has 0 atom stereocenters. The third-order valence-corrected chi connectivity index (χ3v) is 14.8. The van der Waals surface area contributed by atoms with Crippen molar-refractivity contribution in [1.29, 1.82) is 0 Å². The molecular formula is C66H44N2S. The first-order valence-corrected chi connectivity index (χ1v) is 24.4. The number of hydrogen-bond acceptors (Lipinski definition) is 2. The van der Waals surface area contributed by atoms with E-state index in [1.807, 2.05) is 11.3 Å². The summed E-state index contributed by atoms with van der Waals surface area (Å²) in [6.45, 7) is 0. The van der Waals surface area contributed by atoms with E-state index < -0.39 is 0 Å². The molecule has 324 valence electrons. The summed E-state index contributed by atoms with van der Waals surface area (Å²) >= 11 is 1.88. The van der Waals surface area contributed by atoms with Gasteiger partial charge in [-0.1, -0.05) is 200 Å². The summed E-state index contributed by atoms with van der Waals surface area (Å²) < 4.78 is 5.03. The van der Waals surface area contributed by atoms with Gasteiger partial charge in [0, 0.05) is 59.3 Å². The minimum Gasteiger partial charge on any atom is -0.310 e. The second-order valence-electron chi connectivity index (χ2n) is 17.7. The van der Waals surface area contributed by atoms with Crippen molar-refractivity contribution in [3.05, 3.63) is 267 Å². The van der Waals surface area contributed by atoms with Crippen LogP contribution in [0.3, 0.4) is 0 Å². The third-order valence-electron chi connectivity index (χ3n) is 13.6. The van der Waals surface area contributed by atoms with Crippen molar-refractivity contribution >= 4 is 70.4 Å². The maximum atomic E-state index is 2.47. The molecule has 0 bridgehead atoms. The van der Waals surface area contributed by atoms with Crippen LogP contribution in [0.2, 0.25) is 0 Å². The van der Waals surface area contributed by atoms with Crippen molar-refractivity contribution in [3.63, 3.8) is 0 Å². The van der Waals surface area contributed by atoms with Crippen LogP contribution in [0, 0.1) is 0 Å². The van der Waals surface area contributed by atoms with Crippen LogP contribution in [0.4, 0.5) is 17.1 Å². The monoisotopic (exact) mass is 896 g/mol. The molecule has 13 rings (SSSR count). The van der Waals surface area contributed by atoms with Crippen molar-refractivity contribution < 1.29 is 0 Å². The van der Waals surface area contributed by atoms with Crippen molar-refractivity contribution in [2.24, 2.45) is 0 Å². The van der Waals surface area contributed by atoms with Crippen LogP contribution >= 0.6 is 11.3 Å². The summed E-state index contributed by atoms with van der Waals surface area (Å²) in [4.78, 5) is 2.47. The third kappa shape index (κ3) is 7.20. The fraction of sp³-hybridized carbons (Fsp3) is 0. The Kier molecular flexibility index (Phi) is 10.1. The van der Waals surface area contributed by atoms with E-state index in [2.05, 4.69) is 276 Å². The molecule has 0 aliphatic carbocycles. The first kappa shape index (κ1) is 40.5. The number of hydrogen-bond donors (Lipinski definition) is 0. The predicted molar refractivity (Wildman–Crippen MR) is 296 cm³/mol. The van der Waals surface area contributed by atoms with Gasteiger partial charge in [-0.15, -0.1) is 11.3 Å². The summed E-state index contributed by atoms with van der Waals surface area (Å²) in [6, 6.07) is 97.7. The zero-order valence-electron chi connectivity index (χ0n) is 37.7. The zero-order chi connectivity index (χ0) is 45.7. The Morgan fingerprint density at radius 1 is 0.290 bits per heavy atom. The quantitative estimate of drug-likeness (QED) is 0.140.